The Kier molecular flexibility index (Phi) is 11.0. The van der Waals surface area contributed by atoms with Crippen LogP contribution in [0.5, 0.6) is 0 Å². The highest BCUT2D eigenvalue weighted by Crippen LogP contribution is 2.15. The van der Waals surface area contributed by atoms with Crippen molar-refractivity contribution < 1.29 is 17.8 Å². The van der Waals surface area contributed by atoms with Crippen LogP contribution in [0.4, 0.5) is 8.78 Å². The number of carbonyl (C=O) groups excluding carboxylic acids is 1. The maximum atomic E-state index is 13.3. The molecule has 0 spiro atoms. The molecule has 0 radical (unpaired) electrons. The molecule has 0 heterocycles. The van der Waals surface area contributed by atoms with Gasteiger partial charge in [0.25, 0.3) is 0 Å². The van der Waals surface area contributed by atoms with Crippen LogP contribution in [0.3, 0.4) is 0 Å². The number of hydrogen-bond acceptors (Lipinski definition) is 2. The van der Waals surface area contributed by atoms with Gasteiger partial charge in [0, 0.05) is 21.8 Å². The fourth-order valence-corrected chi connectivity index (χ4v) is 2.31. The van der Waals surface area contributed by atoms with Crippen molar-refractivity contribution in [2.24, 2.45) is 4.40 Å². The Labute approximate surface area is 176 Å². The molecule has 0 fully saturated rings. The van der Waals surface area contributed by atoms with E-state index in [-0.39, 0.29) is 24.6 Å². The van der Waals surface area contributed by atoms with Crippen LogP contribution in [-0.4, -0.2) is 21.5 Å². The van der Waals surface area contributed by atoms with E-state index in [0.717, 1.165) is 6.07 Å². The summed E-state index contributed by atoms with van der Waals surface area (Å²) >= 11 is 11.0. The maximum Gasteiger partial charge on any atom is 0.152 e. The lowest BCUT2D eigenvalue weighted by Gasteiger charge is -2.12. The van der Waals surface area contributed by atoms with E-state index in [1.807, 2.05) is 0 Å². The third kappa shape index (κ3) is 8.97. The summed E-state index contributed by atoms with van der Waals surface area (Å²) in [6, 6.07) is 8.17. The van der Waals surface area contributed by atoms with Gasteiger partial charge in [-0.25, -0.2) is 13.0 Å². The van der Waals surface area contributed by atoms with Crippen LogP contribution in [-0.2, 0) is 11.0 Å². The second-order valence-electron chi connectivity index (χ2n) is 6.05. The van der Waals surface area contributed by atoms with E-state index in [1.165, 1.54) is 30.5 Å². The first-order valence-corrected chi connectivity index (χ1v) is 9.22. The van der Waals surface area contributed by atoms with Crippen LogP contribution in [0, 0.1) is 11.6 Å². The van der Waals surface area contributed by atoms with Gasteiger partial charge in [0.05, 0.1) is 10.3 Å². The normalized spacial score (nSPS) is 12.0. The predicted octanol–water partition coefficient (Wildman–Crippen LogP) is 5.76. The Bertz CT molecular complexity index is 841. The molecule has 3 nitrogen and oxygen atoms in total. The molecule has 0 aliphatic rings. The van der Waals surface area contributed by atoms with Crippen molar-refractivity contribution in [2.75, 3.05) is 0 Å². The average Bonchev–Trinajstić information content (AvgIpc) is 2.53. The number of aldehydes is 1. The van der Waals surface area contributed by atoms with Crippen LogP contribution in [0.15, 0.2) is 40.8 Å². The highest BCUT2D eigenvalue weighted by atomic mass is 35.5. The summed E-state index contributed by atoms with van der Waals surface area (Å²) in [4.78, 5) is 10.1. The van der Waals surface area contributed by atoms with E-state index in [1.54, 1.807) is 26.8 Å². The Morgan fingerprint density at radius 1 is 0.963 bits per heavy atom. The molecule has 0 N–H and O–H groups in total. The van der Waals surface area contributed by atoms with E-state index in [9.17, 15) is 17.8 Å². The highest BCUT2D eigenvalue weighted by Gasteiger charge is 2.18. The zero-order valence-corrected chi connectivity index (χ0v) is 18.1. The SMILES string of the molecule is CC(C)(C)[S@](=O)N=Cc1ccc(Cl)cc1F.O=Cc1ccc(Cl)cc1F.S. The van der Waals surface area contributed by atoms with E-state index < -0.39 is 27.4 Å². The molecule has 0 aliphatic carbocycles. The van der Waals surface area contributed by atoms with E-state index in [0.29, 0.717) is 16.3 Å². The fraction of sp³-hybridized carbons (Fsp3) is 0.222. The number of halogens is 4. The minimum absolute atomic E-state index is 0. The van der Waals surface area contributed by atoms with Crippen molar-refractivity contribution in [3.63, 3.8) is 0 Å². The lowest BCUT2D eigenvalue weighted by atomic mass is 10.2. The topological polar surface area (TPSA) is 46.5 Å². The smallest absolute Gasteiger partial charge is 0.152 e. The summed E-state index contributed by atoms with van der Waals surface area (Å²) in [5.41, 5.74) is 0.311. The van der Waals surface area contributed by atoms with Gasteiger partial charge in [-0.05, 0) is 57.2 Å². The number of carbonyl (C=O) groups is 1. The van der Waals surface area contributed by atoms with Crippen molar-refractivity contribution in [3.05, 3.63) is 69.2 Å². The van der Waals surface area contributed by atoms with Crippen molar-refractivity contribution in [3.8, 4) is 0 Å². The van der Waals surface area contributed by atoms with E-state index in [2.05, 4.69) is 4.40 Å². The number of rotatable bonds is 3. The highest BCUT2D eigenvalue weighted by molar-refractivity contribution is 7.85. The maximum absolute atomic E-state index is 13.3. The Morgan fingerprint density at radius 2 is 1.41 bits per heavy atom. The molecular weight excluding hydrogens is 435 g/mol. The summed E-state index contributed by atoms with van der Waals surface area (Å²) in [5, 5.41) is 0.620. The van der Waals surface area contributed by atoms with Crippen LogP contribution in [0.2, 0.25) is 10.0 Å². The zero-order valence-electron chi connectivity index (χ0n) is 14.8. The van der Waals surface area contributed by atoms with Crippen LogP contribution >= 0.6 is 36.7 Å². The van der Waals surface area contributed by atoms with Gasteiger partial charge in [-0.15, -0.1) is 0 Å². The minimum atomic E-state index is -1.38. The molecule has 0 unspecified atom stereocenters. The van der Waals surface area contributed by atoms with E-state index in [4.69, 9.17) is 23.2 Å². The molecule has 2 aromatic rings. The molecule has 2 rings (SSSR count). The molecule has 27 heavy (non-hydrogen) atoms. The summed E-state index contributed by atoms with van der Waals surface area (Å²) in [7, 11) is -1.38. The minimum Gasteiger partial charge on any atom is -0.298 e. The summed E-state index contributed by atoms with van der Waals surface area (Å²) < 4.78 is 40.8. The first kappa shape index (κ1) is 25.7. The van der Waals surface area contributed by atoms with Crippen LogP contribution in [0.1, 0.15) is 36.7 Å². The molecule has 148 valence electrons. The van der Waals surface area contributed by atoms with Gasteiger partial charge in [0.2, 0.25) is 0 Å². The van der Waals surface area contributed by atoms with Gasteiger partial charge in [-0.2, -0.15) is 17.9 Å². The fourth-order valence-electron chi connectivity index (χ4n) is 1.47. The molecule has 0 amide bonds. The number of hydrogen-bond donors (Lipinski definition) is 0. The standard InChI is InChI=1S/C11H13ClFNOS.C7H4ClFO.H2S/c1-11(2,3)16(15)14-7-8-4-5-9(12)6-10(8)13;8-6-2-1-5(4-10)7(9)3-6;/h4-7H,1-3H3;1-4H;1H2/t16-;;/m0../s1. The van der Waals surface area contributed by atoms with Gasteiger partial charge in [-0.1, -0.05) is 23.2 Å². The molecular formula is C18H19Cl2F2NO2S2. The van der Waals surface area contributed by atoms with Gasteiger partial charge in [0.1, 0.15) is 22.6 Å². The first-order chi connectivity index (χ1) is 12.0. The predicted molar refractivity (Wildman–Crippen MR) is 114 cm³/mol. The molecule has 2 aromatic carbocycles. The van der Waals surface area contributed by atoms with Crippen LogP contribution in [0.25, 0.3) is 0 Å². The Hall–Kier alpha value is -1.28. The lowest BCUT2D eigenvalue weighted by Crippen LogP contribution is -2.19. The average molecular weight is 454 g/mol. The van der Waals surface area contributed by atoms with Gasteiger partial charge < -0.3 is 0 Å². The van der Waals surface area contributed by atoms with Gasteiger partial charge >= 0.3 is 0 Å². The molecule has 1 atom stereocenters. The molecule has 0 saturated heterocycles. The lowest BCUT2D eigenvalue weighted by molar-refractivity contribution is 0.112. The quantitative estimate of drug-likeness (QED) is 0.437. The number of benzene rings is 2. The number of nitrogens with zero attached hydrogens (tertiary/aromatic N) is 1. The van der Waals surface area contributed by atoms with Crippen molar-refractivity contribution in [2.45, 2.75) is 25.5 Å². The Balaban J connectivity index is 0.000000531. The van der Waals surface area contributed by atoms with E-state index >= 15 is 0 Å². The monoisotopic (exact) mass is 453 g/mol. The van der Waals surface area contributed by atoms with Crippen molar-refractivity contribution >= 4 is 60.2 Å². The zero-order chi connectivity index (χ0) is 19.9. The second kappa shape index (κ2) is 11.5. The van der Waals surface area contributed by atoms with Crippen molar-refractivity contribution in [1.29, 1.82) is 0 Å². The molecule has 0 saturated carbocycles. The second-order valence-corrected chi connectivity index (χ2v) is 8.85. The third-order valence-electron chi connectivity index (χ3n) is 2.86. The Morgan fingerprint density at radius 3 is 1.78 bits per heavy atom. The van der Waals surface area contributed by atoms with Gasteiger partial charge in [-0.3, -0.25) is 4.79 Å². The van der Waals surface area contributed by atoms with Crippen LogP contribution < -0.4 is 0 Å². The summed E-state index contributed by atoms with van der Waals surface area (Å²) in [5.74, 6) is -1.05. The first-order valence-electron chi connectivity index (χ1n) is 7.36. The molecule has 0 aliphatic heterocycles. The third-order valence-corrected chi connectivity index (χ3v) is 4.68. The molecule has 9 heteroatoms. The van der Waals surface area contributed by atoms with Gasteiger partial charge in [0.15, 0.2) is 6.29 Å². The van der Waals surface area contributed by atoms with Crippen molar-refractivity contribution in [1.82, 2.24) is 0 Å². The molecule has 0 bridgehead atoms. The molecule has 0 aromatic heterocycles. The summed E-state index contributed by atoms with van der Waals surface area (Å²) in [6.45, 7) is 5.41. The largest absolute Gasteiger partial charge is 0.298 e. The summed E-state index contributed by atoms with van der Waals surface area (Å²) in [6.07, 6.45) is 1.72.